The number of hydrogen-bond donors (Lipinski definition) is 2. The summed E-state index contributed by atoms with van der Waals surface area (Å²) in [6.07, 6.45) is 0. The minimum absolute atomic E-state index is 0.240. The van der Waals surface area contributed by atoms with E-state index in [1.807, 2.05) is 25.1 Å². The minimum Gasteiger partial charge on any atom is -0.506 e. The number of aryl methyl sites for hydroxylation is 1. The molecule has 0 bridgehead atoms. The van der Waals surface area contributed by atoms with Crippen LogP contribution in [-0.2, 0) is 6.54 Å². The van der Waals surface area contributed by atoms with Crippen molar-refractivity contribution >= 4 is 33.2 Å². The molecule has 5 heteroatoms. The lowest BCUT2D eigenvalue weighted by atomic mass is 10.1. The summed E-state index contributed by atoms with van der Waals surface area (Å²) in [4.78, 5) is 0. The van der Waals surface area contributed by atoms with Gasteiger partial charge in [-0.25, -0.2) is 0 Å². The molecule has 0 saturated heterocycles. The fourth-order valence-corrected chi connectivity index (χ4v) is 2.42. The third-order valence-corrected chi connectivity index (χ3v) is 4.07. The maximum Gasteiger partial charge on any atom is 0.143 e. The van der Waals surface area contributed by atoms with E-state index in [1.165, 1.54) is 0 Å². The van der Waals surface area contributed by atoms with E-state index in [0.717, 1.165) is 16.8 Å². The van der Waals surface area contributed by atoms with Gasteiger partial charge >= 0.3 is 0 Å². The van der Waals surface area contributed by atoms with E-state index in [4.69, 9.17) is 16.3 Å². The monoisotopic (exact) mass is 355 g/mol. The second-order valence-electron chi connectivity index (χ2n) is 4.40. The molecule has 106 valence electrons. The van der Waals surface area contributed by atoms with E-state index in [0.29, 0.717) is 21.8 Å². The van der Waals surface area contributed by atoms with E-state index >= 15 is 0 Å². The summed E-state index contributed by atoms with van der Waals surface area (Å²) in [6.45, 7) is 2.42. The molecule has 0 saturated carbocycles. The third kappa shape index (κ3) is 3.19. The number of rotatable bonds is 4. The van der Waals surface area contributed by atoms with Crippen LogP contribution in [0.1, 0.15) is 11.1 Å². The van der Waals surface area contributed by atoms with Gasteiger partial charge in [-0.1, -0.05) is 23.7 Å². The summed E-state index contributed by atoms with van der Waals surface area (Å²) in [5.41, 5.74) is 2.61. The first-order chi connectivity index (χ1) is 9.52. The van der Waals surface area contributed by atoms with Crippen LogP contribution >= 0.6 is 27.5 Å². The first-order valence-corrected chi connectivity index (χ1v) is 7.24. The Kier molecular flexibility index (Phi) is 4.78. The molecular formula is C15H15BrClNO2. The lowest BCUT2D eigenvalue weighted by molar-refractivity contribution is 0.416. The largest absolute Gasteiger partial charge is 0.506 e. The van der Waals surface area contributed by atoms with Gasteiger partial charge in [-0.05, 0) is 40.5 Å². The van der Waals surface area contributed by atoms with Gasteiger partial charge in [0.1, 0.15) is 11.5 Å². The highest BCUT2D eigenvalue weighted by Gasteiger charge is 2.09. The molecule has 0 fully saturated rings. The molecule has 0 atom stereocenters. The average molecular weight is 357 g/mol. The Bertz CT molecular complexity index is 632. The van der Waals surface area contributed by atoms with E-state index < -0.39 is 0 Å². The molecule has 2 N–H and O–H groups in total. The second kappa shape index (κ2) is 6.37. The molecule has 2 rings (SSSR count). The number of benzene rings is 2. The van der Waals surface area contributed by atoms with Crippen molar-refractivity contribution in [3.63, 3.8) is 0 Å². The number of methoxy groups -OCH3 is 1. The molecule has 3 nitrogen and oxygen atoms in total. The summed E-state index contributed by atoms with van der Waals surface area (Å²) < 4.78 is 5.98. The molecule has 0 radical (unpaired) electrons. The predicted molar refractivity (Wildman–Crippen MR) is 85.9 cm³/mol. The Morgan fingerprint density at radius 3 is 2.80 bits per heavy atom. The van der Waals surface area contributed by atoms with Gasteiger partial charge in [-0.2, -0.15) is 0 Å². The topological polar surface area (TPSA) is 41.5 Å². The first-order valence-electron chi connectivity index (χ1n) is 6.07. The molecule has 0 aliphatic heterocycles. The van der Waals surface area contributed by atoms with E-state index in [2.05, 4.69) is 21.2 Å². The van der Waals surface area contributed by atoms with Gasteiger partial charge in [0.2, 0.25) is 0 Å². The molecule has 20 heavy (non-hydrogen) atoms. The Morgan fingerprint density at radius 2 is 2.10 bits per heavy atom. The molecular weight excluding hydrogens is 342 g/mol. The smallest absolute Gasteiger partial charge is 0.143 e. The fraction of sp³-hybridized carbons (Fsp3) is 0.200. The molecule has 2 aromatic carbocycles. The highest BCUT2D eigenvalue weighted by Crippen LogP contribution is 2.33. The second-order valence-corrected chi connectivity index (χ2v) is 5.66. The van der Waals surface area contributed by atoms with Crippen molar-refractivity contribution in [2.24, 2.45) is 0 Å². The molecule has 0 aliphatic rings. The van der Waals surface area contributed by atoms with Crippen LogP contribution < -0.4 is 10.1 Å². The number of hydrogen-bond acceptors (Lipinski definition) is 3. The SMILES string of the molecule is COc1cc(Cl)c(C)cc1NCc1cccc(Br)c1O. The number of para-hydroxylation sites is 1. The first kappa shape index (κ1) is 15.0. The van der Waals surface area contributed by atoms with E-state index in [-0.39, 0.29) is 5.75 Å². The summed E-state index contributed by atoms with van der Waals surface area (Å²) >= 11 is 9.38. The van der Waals surface area contributed by atoms with Gasteiger partial charge in [0, 0.05) is 23.2 Å². The number of ether oxygens (including phenoxy) is 1. The number of phenols is 1. The summed E-state index contributed by atoms with van der Waals surface area (Å²) in [6, 6.07) is 9.25. The van der Waals surface area contributed by atoms with Crippen LogP contribution in [0.25, 0.3) is 0 Å². The Morgan fingerprint density at radius 1 is 1.35 bits per heavy atom. The Balaban J connectivity index is 2.22. The highest BCUT2D eigenvalue weighted by molar-refractivity contribution is 9.10. The number of aromatic hydroxyl groups is 1. The molecule has 0 aromatic heterocycles. The van der Waals surface area contributed by atoms with Gasteiger partial charge < -0.3 is 15.2 Å². The summed E-state index contributed by atoms with van der Waals surface area (Å²) in [5, 5.41) is 13.9. The number of nitrogens with one attached hydrogen (secondary N) is 1. The zero-order chi connectivity index (χ0) is 14.7. The Labute approximate surface area is 131 Å². The minimum atomic E-state index is 0.240. The van der Waals surface area contributed by atoms with E-state index in [9.17, 15) is 5.11 Å². The Hall–Kier alpha value is -1.39. The third-order valence-electron chi connectivity index (χ3n) is 3.02. The van der Waals surface area contributed by atoms with Crippen LogP contribution in [0.5, 0.6) is 11.5 Å². The van der Waals surface area contributed by atoms with Crippen LogP contribution in [0.4, 0.5) is 5.69 Å². The molecule has 0 amide bonds. The molecule has 0 spiro atoms. The van der Waals surface area contributed by atoms with Crippen LogP contribution in [0.2, 0.25) is 5.02 Å². The van der Waals surface area contributed by atoms with Crippen LogP contribution in [0.15, 0.2) is 34.8 Å². The maximum atomic E-state index is 9.96. The van der Waals surface area contributed by atoms with Gasteiger partial charge in [-0.3, -0.25) is 0 Å². The van der Waals surface area contributed by atoms with Crippen LogP contribution in [0, 0.1) is 6.92 Å². The van der Waals surface area contributed by atoms with Crippen LogP contribution in [0.3, 0.4) is 0 Å². The van der Waals surface area contributed by atoms with Crippen molar-refractivity contribution in [1.29, 1.82) is 0 Å². The van der Waals surface area contributed by atoms with E-state index in [1.54, 1.807) is 19.2 Å². The lowest BCUT2D eigenvalue weighted by Gasteiger charge is -2.14. The van der Waals surface area contributed by atoms with Crippen molar-refractivity contribution in [3.05, 3.63) is 51.0 Å². The van der Waals surface area contributed by atoms with Gasteiger partial charge in [-0.15, -0.1) is 0 Å². The van der Waals surface area contributed by atoms with Crippen molar-refractivity contribution in [3.8, 4) is 11.5 Å². The molecule has 0 heterocycles. The number of halogens is 2. The average Bonchev–Trinajstić information content (AvgIpc) is 2.43. The van der Waals surface area contributed by atoms with Gasteiger partial charge in [0.05, 0.1) is 17.3 Å². The zero-order valence-electron chi connectivity index (χ0n) is 11.2. The van der Waals surface area contributed by atoms with Gasteiger partial charge in [0.25, 0.3) is 0 Å². The normalized spacial score (nSPS) is 10.4. The maximum absolute atomic E-state index is 9.96. The fourth-order valence-electron chi connectivity index (χ4n) is 1.86. The van der Waals surface area contributed by atoms with Crippen LogP contribution in [-0.4, -0.2) is 12.2 Å². The van der Waals surface area contributed by atoms with Crippen molar-refractivity contribution in [2.75, 3.05) is 12.4 Å². The van der Waals surface area contributed by atoms with Crippen molar-refractivity contribution < 1.29 is 9.84 Å². The molecule has 2 aromatic rings. The summed E-state index contributed by atoms with van der Waals surface area (Å²) in [5.74, 6) is 0.916. The van der Waals surface area contributed by atoms with Crippen molar-refractivity contribution in [1.82, 2.24) is 0 Å². The number of anilines is 1. The highest BCUT2D eigenvalue weighted by atomic mass is 79.9. The van der Waals surface area contributed by atoms with Crippen molar-refractivity contribution in [2.45, 2.75) is 13.5 Å². The summed E-state index contributed by atoms with van der Waals surface area (Å²) in [7, 11) is 1.60. The molecule has 0 aliphatic carbocycles. The standard InChI is InChI=1S/C15H15BrClNO2/c1-9-6-13(14(20-2)7-12(9)17)18-8-10-4-3-5-11(16)15(10)19/h3-7,18-19H,8H2,1-2H3. The lowest BCUT2D eigenvalue weighted by Crippen LogP contribution is -2.02. The number of phenolic OH excluding ortho intramolecular Hbond substituents is 1. The predicted octanol–water partition coefficient (Wildman–Crippen LogP) is 4.74. The quantitative estimate of drug-likeness (QED) is 0.831. The zero-order valence-corrected chi connectivity index (χ0v) is 13.5. The van der Waals surface area contributed by atoms with Gasteiger partial charge in [0.15, 0.2) is 0 Å². The molecule has 0 unspecified atom stereocenters.